The normalized spacial score (nSPS) is 12.1. The van der Waals surface area contributed by atoms with Crippen LogP contribution in [-0.2, 0) is 6.42 Å². The number of hydrogen-bond acceptors (Lipinski definition) is 3. The molecule has 2 aromatic carbocycles. The number of aromatic nitrogens is 2. The predicted molar refractivity (Wildman–Crippen MR) is 113 cm³/mol. The lowest BCUT2D eigenvalue weighted by Crippen LogP contribution is -1.99. The van der Waals surface area contributed by atoms with Gasteiger partial charge in [-0.05, 0) is 61.1 Å². The molecule has 1 unspecified atom stereocenters. The molecular formula is C24H27FN2O. The van der Waals surface area contributed by atoms with E-state index in [9.17, 15) is 4.39 Å². The second-order valence-electron chi connectivity index (χ2n) is 7.06. The Morgan fingerprint density at radius 3 is 2.54 bits per heavy atom. The first kappa shape index (κ1) is 20.0. The smallest absolute Gasteiger partial charge is 0.123 e. The number of halogens is 1. The van der Waals surface area contributed by atoms with E-state index in [0.29, 0.717) is 13.0 Å². The van der Waals surface area contributed by atoms with Gasteiger partial charge in [0.05, 0.1) is 17.2 Å². The van der Waals surface area contributed by atoms with Crippen LogP contribution in [0.1, 0.15) is 38.2 Å². The number of ether oxygens (including phenoxy) is 1. The summed E-state index contributed by atoms with van der Waals surface area (Å²) >= 11 is 0. The summed E-state index contributed by atoms with van der Waals surface area (Å²) in [6.07, 6.45) is 9.01. The van der Waals surface area contributed by atoms with Crippen molar-refractivity contribution in [1.29, 1.82) is 0 Å². The number of hydrogen-bond donors (Lipinski definition) is 0. The van der Waals surface area contributed by atoms with E-state index in [1.807, 2.05) is 12.1 Å². The first-order chi connectivity index (χ1) is 13.7. The lowest BCUT2D eigenvalue weighted by atomic mass is 9.99. The molecule has 3 nitrogen and oxygen atoms in total. The second kappa shape index (κ2) is 9.98. The van der Waals surface area contributed by atoms with Crippen LogP contribution in [0.3, 0.4) is 0 Å². The lowest BCUT2D eigenvalue weighted by Gasteiger charge is -2.13. The fourth-order valence-electron chi connectivity index (χ4n) is 3.28. The number of aryl methyl sites for hydroxylation is 1. The van der Waals surface area contributed by atoms with E-state index in [2.05, 4.69) is 40.8 Å². The van der Waals surface area contributed by atoms with Gasteiger partial charge in [0.1, 0.15) is 12.4 Å². The maximum atomic E-state index is 12.9. The highest BCUT2D eigenvalue weighted by molar-refractivity contribution is 5.81. The molecule has 4 heteroatoms. The number of rotatable bonds is 10. The van der Waals surface area contributed by atoms with E-state index in [4.69, 9.17) is 4.74 Å². The molecule has 0 aliphatic rings. The van der Waals surface area contributed by atoms with Crippen molar-refractivity contribution in [3.63, 3.8) is 0 Å². The number of alkyl halides is 1. The summed E-state index contributed by atoms with van der Waals surface area (Å²) in [6, 6.07) is 12.4. The molecule has 0 N–H and O–H groups in total. The molecule has 0 fully saturated rings. The Kier molecular flexibility index (Phi) is 7.12. The molecule has 28 heavy (non-hydrogen) atoms. The molecule has 3 rings (SSSR count). The molecule has 1 heterocycles. The molecule has 0 radical (unpaired) electrons. The van der Waals surface area contributed by atoms with Crippen molar-refractivity contribution >= 4 is 11.0 Å². The van der Waals surface area contributed by atoms with Crippen molar-refractivity contribution in [2.45, 2.75) is 45.2 Å². The van der Waals surface area contributed by atoms with Gasteiger partial charge in [-0.15, -0.1) is 0 Å². The van der Waals surface area contributed by atoms with Crippen LogP contribution in [0.5, 0.6) is 5.75 Å². The van der Waals surface area contributed by atoms with E-state index in [0.717, 1.165) is 53.6 Å². The predicted octanol–water partition coefficient (Wildman–Crippen LogP) is 6.32. The fraction of sp³-hybridized carbons (Fsp3) is 0.333. The van der Waals surface area contributed by atoms with Gasteiger partial charge in [0.25, 0.3) is 0 Å². The zero-order chi connectivity index (χ0) is 19.8. The van der Waals surface area contributed by atoms with Gasteiger partial charge in [-0.2, -0.15) is 0 Å². The van der Waals surface area contributed by atoms with E-state index < -0.39 is 6.17 Å². The van der Waals surface area contributed by atoms with E-state index in [-0.39, 0.29) is 0 Å². The van der Waals surface area contributed by atoms with Crippen molar-refractivity contribution in [2.24, 2.45) is 0 Å². The summed E-state index contributed by atoms with van der Waals surface area (Å²) in [4.78, 5) is 8.72. The molecule has 1 aromatic heterocycles. The Balaban J connectivity index is 1.77. The van der Waals surface area contributed by atoms with Crippen LogP contribution in [0.2, 0.25) is 0 Å². The number of fused-ring (bicyclic) bond motifs is 1. The molecule has 1 atom stereocenters. The van der Waals surface area contributed by atoms with Gasteiger partial charge in [0.15, 0.2) is 0 Å². The van der Waals surface area contributed by atoms with Crippen molar-refractivity contribution < 1.29 is 9.13 Å². The highest BCUT2D eigenvalue weighted by Gasteiger charge is 2.08. The maximum Gasteiger partial charge on any atom is 0.123 e. The monoisotopic (exact) mass is 378 g/mol. The Bertz CT molecular complexity index is 923. The highest BCUT2D eigenvalue weighted by Crippen LogP contribution is 2.30. The maximum absolute atomic E-state index is 12.9. The van der Waals surface area contributed by atoms with Gasteiger partial charge >= 0.3 is 0 Å². The van der Waals surface area contributed by atoms with Crippen LogP contribution in [0, 0.1) is 0 Å². The van der Waals surface area contributed by atoms with Crippen LogP contribution in [-0.4, -0.2) is 22.7 Å². The third-order valence-corrected chi connectivity index (χ3v) is 4.77. The standard InChI is InChI=1S/C24H27FN2O/c1-3-15-28-24-17-21(10-9-19(24)8-6-4-5-7-18(2)25)20-11-12-22-23(16-20)27-14-13-26-22/h3,9-14,16-18H,1,4-8,15H2,2H3. The minimum atomic E-state index is -0.711. The Labute approximate surface area is 166 Å². The Morgan fingerprint density at radius 1 is 1.00 bits per heavy atom. The average molecular weight is 378 g/mol. The van der Waals surface area contributed by atoms with E-state index >= 15 is 0 Å². The molecule has 0 saturated carbocycles. The fourth-order valence-corrected chi connectivity index (χ4v) is 3.28. The van der Waals surface area contributed by atoms with E-state index in [1.54, 1.807) is 25.4 Å². The molecule has 0 bridgehead atoms. The van der Waals surface area contributed by atoms with Gasteiger partial charge in [-0.25, -0.2) is 4.39 Å². The zero-order valence-electron chi connectivity index (χ0n) is 16.4. The van der Waals surface area contributed by atoms with Crippen LogP contribution in [0.15, 0.2) is 61.4 Å². The zero-order valence-corrected chi connectivity index (χ0v) is 16.4. The van der Waals surface area contributed by atoms with Crippen LogP contribution in [0.25, 0.3) is 22.2 Å². The molecule has 0 aliphatic carbocycles. The summed E-state index contributed by atoms with van der Waals surface area (Å²) < 4.78 is 18.8. The molecule has 146 valence electrons. The van der Waals surface area contributed by atoms with Gasteiger partial charge in [0, 0.05) is 12.4 Å². The van der Waals surface area contributed by atoms with Crippen molar-refractivity contribution in [3.05, 3.63) is 67.0 Å². The third-order valence-electron chi connectivity index (χ3n) is 4.77. The van der Waals surface area contributed by atoms with Gasteiger partial charge in [-0.1, -0.05) is 43.7 Å². The number of unbranched alkanes of at least 4 members (excludes halogenated alkanes) is 2. The summed E-state index contributed by atoms with van der Waals surface area (Å²) in [5.74, 6) is 0.885. The van der Waals surface area contributed by atoms with Crippen molar-refractivity contribution in [2.75, 3.05) is 6.61 Å². The number of benzene rings is 2. The first-order valence-corrected chi connectivity index (χ1v) is 9.89. The van der Waals surface area contributed by atoms with Crippen LogP contribution < -0.4 is 4.74 Å². The summed E-state index contributed by atoms with van der Waals surface area (Å²) in [7, 11) is 0. The van der Waals surface area contributed by atoms with Crippen LogP contribution >= 0.6 is 0 Å². The highest BCUT2D eigenvalue weighted by atomic mass is 19.1. The molecule has 0 saturated heterocycles. The lowest BCUT2D eigenvalue weighted by molar-refractivity contribution is 0.330. The molecule has 0 amide bonds. The van der Waals surface area contributed by atoms with Gasteiger partial charge in [0.2, 0.25) is 0 Å². The second-order valence-corrected chi connectivity index (χ2v) is 7.06. The van der Waals surface area contributed by atoms with Gasteiger partial charge < -0.3 is 4.74 Å². The summed E-state index contributed by atoms with van der Waals surface area (Å²) in [6.45, 7) is 5.84. The van der Waals surface area contributed by atoms with Crippen molar-refractivity contribution in [1.82, 2.24) is 9.97 Å². The van der Waals surface area contributed by atoms with Crippen molar-refractivity contribution in [3.8, 4) is 16.9 Å². The topological polar surface area (TPSA) is 35.0 Å². The minimum Gasteiger partial charge on any atom is -0.489 e. The average Bonchev–Trinajstić information content (AvgIpc) is 2.72. The first-order valence-electron chi connectivity index (χ1n) is 9.89. The summed E-state index contributed by atoms with van der Waals surface area (Å²) in [5.41, 5.74) is 5.11. The summed E-state index contributed by atoms with van der Waals surface area (Å²) in [5, 5.41) is 0. The van der Waals surface area contributed by atoms with Crippen LogP contribution in [0.4, 0.5) is 4.39 Å². The Hall–Kier alpha value is -2.75. The Morgan fingerprint density at radius 2 is 1.75 bits per heavy atom. The molecule has 3 aromatic rings. The molecular weight excluding hydrogens is 351 g/mol. The largest absolute Gasteiger partial charge is 0.489 e. The quantitative estimate of drug-likeness (QED) is 0.306. The third kappa shape index (κ3) is 5.38. The molecule has 0 aliphatic heterocycles. The van der Waals surface area contributed by atoms with E-state index in [1.165, 1.54) is 5.56 Å². The minimum absolute atomic E-state index is 0.471. The number of nitrogens with zero attached hydrogens (tertiary/aromatic N) is 2. The molecule has 0 spiro atoms. The SMILES string of the molecule is C=CCOc1cc(-c2ccc3nccnc3c2)ccc1CCCCCC(C)F. The van der Waals surface area contributed by atoms with Gasteiger partial charge in [-0.3, -0.25) is 9.97 Å².